The van der Waals surface area contributed by atoms with Crippen molar-refractivity contribution in [3.05, 3.63) is 46.3 Å². The van der Waals surface area contributed by atoms with E-state index in [9.17, 15) is 4.79 Å². The summed E-state index contributed by atoms with van der Waals surface area (Å²) in [5.41, 5.74) is 10.7. The lowest BCUT2D eigenvalue weighted by Crippen LogP contribution is -2.32. The zero-order valence-corrected chi connectivity index (χ0v) is 13.0. The number of nitrogens with one attached hydrogen (secondary N) is 1. The number of benzene rings is 1. The van der Waals surface area contributed by atoms with Crippen LogP contribution < -0.4 is 11.1 Å². The second-order valence-electron chi connectivity index (χ2n) is 5.95. The molecule has 2 aromatic rings. The fourth-order valence-corrected chi connectivity index (χ4v) is 3.14. The summed E-state index contributed by atoms with van der Waals surface area (Å²) in [4.78, 5) is 12.4. The molecule has 0 spiro atoms. The standard InChI is InChI=1S/C17H21N3O2/c1-10-15(11(2)22-20-10)9-17(21)19-16-5-3-4-12-8-13(18)6-7-14(12)16/h6-8,16H,3-5,9,18H2,1-2H3,(H,19,21). The summed E-state index contributed by atoms with van der Waals surface area (Å²) in [6, 6.07) is 6.02. The summed E-state index contributed by atoms with van der Waals surface area (Å²) in [7, 11) is 0. The third kappa shape index (κ3) is 2.84. The van der Waals surface area contributed by atoms with E-state index in [-0.39, 0.29) is 11.9 Å². The molecule has 1 unspecified atom stereocenters. The Hall–Kier alpha value is -2.30. The number of aromatic nitrogens is 1. The minimum absolute atomic E-state index is 0.00377. The first-order valence-electron chi connectivity index (χ1n) is 7.64. The molecule has 0 fully saturated rings. The Morgan fingerprint density at radius 1 is 1.45 bits per heavy atom. The number of nitrogen functional groups attached to an aromatic ring is 1. The zero-order chi connectivity index (χ0) is 15.7. The van der Waals surface area contributed by atoms with Gasteiger partial charge in [-0.05, 0) is 56.4 Å². The summed E-state index contributed by atoms with van der Waals surface area (Å²) < 4.78 is 5.11. The summed E-state index contributed by atoms with van der Waals surface area (Å²) in [5, 5.41) is 7.03. The smallest absolute Gasteiger partial charge is 0.225 e. The Morgan fingerprint density at radius 3 is 3.00 bits per heavy atom. The number of hydrogen-bond acceptors (Lipinski definition) is 4. The van der Waals surface area contributed by atoms with Gasteiger partial charge in [0.15, 0.2) is 0 Å². The molecule has 1 aromatic heterocycles. The molecule has 5 nitrogen and oxygen atoms in total. The molecule has 0 saturated heterocycles. The highest BCUT2D eigenvalue weighted by molar-refractivity contribution is 5.79. The van der Waals surface area contributed by atoms with Crippen molar-refractivity contribution < 1.29 is 9.32 Å². The Labute approximate surface area is 129 Å². The maximum atomic E-state index is 12.4. The van der Waals surface area contributed by atoms with Crippen LogP contribution in [0.25, 0.3) is 0 Å². The van der Waals surface area contributed by atoms with Crippen LogP contribution in [0, 0.1) is 13.8 Å². The van der Waals surface area contributed by atoms with Crippen molar-refractivity contribution in [3.63, 3.8) is 0 Å². The van der Waals surface area contributed by atoms with Crippen LogP contribution in [0.1, 0.15) is 47.0 Å². The Kier molecular flexibility index (Phi) is 3.88. The molecule has 3 rings (SSSR count). The first kappa shape index (κ1) is 14.6. The SMILES string of the molecule is Cc1noc(C)c1CC(=O)NC1CCCc2cc(N)ccc21. The van der Waals surface area contributed by atoms with Crippen LogP contribution in [-0.4, -0.2) is 11.1 Å². The molecule has 1 aromatic carbocycles. The Morgan fingerprint density at radius 2 is 2.27 bits per heavy atom. The van der Waals surface area contributed by atoms with E-state index >= 15 is 0 Å². The molecule has 0 bridgehead atoms. The molecule has 0 aliphatic heterocycles. The van der Waals surface area contributed by atoms with Gasteiger partial charge >= 0.3 is 0 Å². The predicted octanol–water partition coefficient (Wildman–Crippen LogP) is 2.61. The molecule has 1 atom stereocenters. The van der Waals surface area contributed by atoms with Crippen LogP contribution >= 0.6 is 0 Å². The number of aryl methyl sites for hydroxylation is 3. The third-order valence-electron chi connectivity index (χ3n) is 4.34. The van der Waals surface area contributed by atoms with Gasteiger partial charge in [-0.2, -0.15) is 0 Å². The van der Waals surface area contributed by atoms with Gasteiger partial charge in [0.2, 0.25) is 5.91 Å². The van der Waals surface area contributed by atoms with Gasteiger partial charge in [-0.3, -0.25) is 4.79 Å². The van der Waals surface area contributed by atoms with Crippen molar-refractivity contribution in [3.8, 4) is 0 Å². The number of nitrogens with two attached hydrogens (primary N) is 1. The van der Waals surface area contributed by atoms with Crippen molar-refractivity contribution in [1.82, 2.24) is 10.5 Å². The van der Waals surface area contributed by atoms with E-state index in [1.54, 1.807) is 0 Å². The highest BCUT2D eigenvalue weighted by Crippen LogP contribution is 2.31. The molecule has 1 aliphatic rings. The normalized spacial score (nSPS) is 17.1. The number of carbonyl (C=O) groups excluding carboxylic acids is 1. The monoisotopic (exact) mass is 299 g/mol. The highest BCUT2D eigenvalue weighted by Gasteiger charge is 2.23. The minimum atomic E-state index is 0.00377. The van der Waals surface area contributed by atoms with E-state index in [0.717, 1.165) is 36.2 Å². The van der Waals surface area contributed by atoms with Gasteiger partial charge in [0.25, 0.3) is 0 Å². The van der Waals surface area contributed by atoms with Crippen LogP contribution in [0.2, 0.25) is 0 Å². The van der Waals surface area contributed by atoms with Crippen molar-refractivity contribution in [2.75, 3.05) is 5.73 Å². The van der Waals surface area contributed by atoms with Gasteiger partial charge in [-0.25, -0.2) is 0 Å². The van der Waals surface area contributed by atoms with Crippen molar-refractivity contribution in [1.29, 1.82) is 0 Å². The average molecular weight is 299 g/mol. The van der Waals surface area contributed by atoms with Gasteiger partial charge in [0, 0.05) is 11.3 Å². The van der Waals surface area contributed by atoms with Gasteiger partial charge in [0.1, 0.15) is 5.76 Å². The molecular formula is C17H21N3O2. The zero-order valence-electron chi connectivity index (χ0n) is 13.0. The van der Waals surface area contributed by atoms with Crippen LogP contribution in [0.4, 0.5) is 5.69 Å². The summed E-state index contributed by atoms with van der Waals surface area (Å²) in [6.07, 6.45) is 3.36. The largest absolute Gasteiger partial charge is 0.399 e. The fourth-order valence-electron chi connectivity index (χ4n) is 3.14. The Balaban J connectivity index is 1.73. The van der Waals surface area contributed by atoms with E-state index in [2.05, 4.69) is 10.5 Å². The van der Waals surface area contributed by atoms with E-state index in [4.69, 9.17) is 10.3 Å². The number of nitrogens with zero attached hydrogens (tertiary/aromatic N) is 1. The summed E-state index contributed by atoms with van der Waals surface area (Å²) in [6.45, 7) is 3.69. The number of anilines is 1. The Bertz CT molecular complexity index is 686. The number of amides is 1. The lowest BCUT2D eigenvalue weighted by Gasteiger charge is -2.26. The molecule has 22 heavy (non-hydrogen) atoms. The fraction of sp³-hybridized carbons (Fsp3) is 0.412. The molecule has 3 N–H and O–H groups in total. The van der Waals surface area contributed by atoms with Crippen LogP contribution in [0.15, 0.2) is 22.7 Å². The molecule has 0 radical (unpaired) electrons. The van der Waals surface area contributed by atoms with Gasteiger partial charge < -0.3 is 15.6 Å². The van der Waals surface area contributed by atoms with E-state index in [0.29, 0.717) is 12.2 Å². The number of hydrogen-bond donors (Lipinski definition) is 2. The maximum absolute atomic E-state index is 12.4. The highest BCUT2D eigenvalue weighted by atomic mass is 16.5. The molecule has 1 aliphatic carbocycles. The first-order valence-corrected chi connectivity index (χ1v) is 7.64. The van der Waals surface area contributed by atoms with Gasteiger partial charge in [-0.15, -0.1) is 0 Å². The van der Waals surface area contributed by atoms with E-state index in [1.165, 1.54) is 11.1 Å². The molecule has 5 heteroatoms. The minimum Gasteiger partial charge on any atom is -0.399 e. The number of rotatable bonds is 3. The van der Waals surface area contributed by atoms with Crippen LogP contribution in [0.3, 0.4) is 0 Å². The molecule has 0 saturated carbocycles. The second kappa shape index (κ2) is 5.83. The van der Waals surface area contributed by atoms with Crippen molar-refractivity contribution in [2.45, 2.75) is 45.6 Å². The topological polar surface area (TPSA) is 81.2 Å². The van der Waals surface area contributed by atoms with E-state index in [1.807, 2.05) is 32.0 Å². The summed E-state index contributed by atoms with van der Waals surface area (Å²) in [5.74, 6) is 0.716. The van der Waals surface area contributed by atoms with E-state index < -0.39 is 0 Å². The second-order valence-corrected chi connectivity index (χ2v) is 5.95. The summed E-state index contributed by atoms with van der Waals surface area (Å²) >= 11 is 0. The third-order valence-corrected chi connectivity index (χ3v) is 4.34. The average Bonchev–Trinajstić information content (AvgIpc) is 2.79. The number of carbonyl (C=O) groups is 1. The molecule has 1 heterocycles. The van der Waals surface area contributed by atoms with Crippen molar-refractivity contribution in [2.24, 2.45) is 0 Å². The maximum Gasteiger partial charge on any atom is 0.225 e. The first-order chi connectivity index (χ1) is 10.5. The quantitative estimate of drug-likeness (QED) is 0.854. The molecule has 1 amide bonds. The number of fused-ring (bicyclic) bond motifs is 1. The van der Waals surface area contributed by atoms with Gasteiger partial charge in [-0.1, -0.05) is 11.2 Å². The lowest BCUT2D eigenvalue weighted by molar-refractivity contribution is -0.121. The molecule has 116 valence electrons. The van der Waals surface area contributed by atoms with Crippen LogP contribution in [0.5, 0.6) is 0 Å². The molecular weight excluding hydrogens is 278 g/mol. The van der Waals surface area contributed by atoms with Crippen LogP contribution in [-0.2, 0) is 17.6 Å². The lowest BCUT2D eigenvalue weighted by atomic mass is 9.87. The predicted molar refractivity (Wildman–Crippen MR) is 84.4 cm³/mol. The van der Waals surface area contributed by atoms with Crippen molar-refractivity contribution >= 4 is 11.6 Å². The van der Waals surface area contributed by atoms with Gasteiger partial charge in [0.05, 0.1) is 18.2 Å².